The molecule has 1 aromatic carbocycles. The second-order valence-electron chi connectivity index (χ2n) is 2.19. The minimum Gasteiger partial charge on any atom is -0.359 e. The second-order valence-corrected chi connectivity index (χ2v) is 2.19. The Balaban J connectivity index is 2.92. The topological polar surface area (TPSA) is 53.0 Å². The predicted octanol–water partition coefficient (Wildman–Crippen LogP) is 0.739. The van der Waals surface area contributed by atoms with Crippen molar-refractivity contribution in [2.75, 3.05) is 0 Å². The summed E-state index contributed by atoms with van der Waals surface area (Å²) in [6.45, 7) is 0. The van der Waals surface area contributed by atoms with E-state index >= 15 is 0 Å². The summed E-state index contributed by atoms with van der Waals surface area (Å²) in [6, 6.07) is 1.48. The minimum atomic E-state index is -0.914. The van der Waals surface area contributed by atoms with Crippen LogP contribution in [0.1, 0.15) is 0 Å². The fourth-order valence-corrected chi connectivity index (χ4v) is 0.904. The molecule has 2 aromatic rings. The summed E-state index contributed by atoms with van der Waals surface area (Å²) in [5.74, 6) is -1.75. The molecule has 0 aliphatic carbocycles. The van der Waals surface area contributed by atoms with Gasteiger partial charge in [-0.1, -0.05) is 0 Å². The molecule has 4 nitrogen and oxygen atoms in total. The molecule has 0 amide bonds. The van der Waals surface area contributed by atoms with Crippen molar-refractivity contribution in [2.24, 2.45) is 0 Å². The highest BCUT2D eigenvalue weighted by molar-refractivity contribution is 5.70. The average molecular weight is 172 g/mol. The Morgan fingerprint density at radius 2 is 2.17 bits per heavy atom. The monoisotopic (exact) mass is 172 g/mol. The first-order valence-corrected chi connectivity index (χ1v) is 3.03. The van der Waals surface area contributed by atoms with Crippen LogP contribution in [0.4, 0.5) is 8.78 Å². The van der Waals surface area contributed by atoms with Gasteiger partial charge in [0.1, 0.15) is 5.82 Å². The normalized spacial score (nSPS) is 10.8. The van der Waals surface area contributed by atoms with Crippen LogP contribution >= 0.6 is 0 Å². The summed E-state index contributed by atoms with van der Waals surface area (Å²) in [5, 5.41) is 13.7. The standard InChI is InChI=1S/C6H2F2N2O2/c7-3-1-4(8)6-5(2-3)10(11)12-9-6/h1-2H. The van der Waals surface area contributed by atoms with E-state index in [2.05, 4.69) is 9.79 Å². The molecular weight excluding hydrogens is 170 g/mol. The highest BCUT2D eigenvalue weighted by atomic mass is 19.1. The van der Waals surface area contributed by atoms with Gasteiger partial charge >= 0.3 is 0 Å². The van der Waals surface area contributed by atoms with Gasteiger partial charge in [-0.25, -0.2) is 8.78 Å². The van der Waals surface area contributed by atoms with E-state index in [1.165, 1.54) is 0 Å². The lowest BCUT2D eigenvalue weighted by Gasteiger charge is -1.87. The van der Waals surface area contributed by atoms with Crippen molar-refractivity contribution in [1.29, 1.82) is 0 Å². The summed E-state index contributed by atoms with van der Waals surface area (Å²) in [4.78, 5) is -0.0541. The van der Waals surface area contributed by atoms with E-state index in [4.69, 9.17) is 0 Å². The Bertz CT molecular complexity index is 440. The summed E-state index contributed by atoms with van der Waals surface area (Å²) in [6.07, 6.45) is 0. The molecule has 0 unspecified atom stereocenters. The second kappa shape index (κ2) is 2.13. The zero-order valence-electron chi connectivity index (χ0n) is 5.62. The summed E-state index contributed by atoms with van der Waals surface area (Å²) in [7, 11) is 0. The van der Waals surface area contributed by atoms with Crippen molar-refractivity contribution in [3.63, 3.8) is 0 Å². The lowest BCUT2D eigenvalue weighted by molar-refractivity contribution is -0.782. The number of benzene rings is 1. The lowest BCUT2D eigenvalue weighted by atomic mass is 10.3. The minimum absolute atomic E-state index is 0.0541. The number of fused-ring (bicyclic) bond motifs is 1. The van der Waals surface area contributed by atoms with E-state index in [-0.39, 0.29) is 15.9 Å². The zero-order valence-corrected chi connectivity index (χ0v) is 5.62. The van der Waals surface area contributed by atoms with Crippen LogP contribution in [-0.2, 0) is 0 Å². The van der Waals surface area contributed by atoms with Crippen LogP contribution in [0.15, 0.2) is 16.8 Å². The number of hydrogen-bond acceptors (Lipinski definition) is 3. The third-order valence-corrected chi connectivity index (χ3v) is 1.41. The van der Waals surface area contributed by atoms with Gasteiger partial charge in [-0.3, -0.25) is 4.63 Å². The van der Waals surface area contributed by atoms with Crippen LogP contribution in [0.25, 0.3) is 11.0 Å². The molecule has 0 saturated heterocycles. The van der Waals surface area contributed by atoms with Crippen molar-refractivity contribution in [1.82, 2.24) is 5.16 Å². The molecule has 12 heavy (non-hydrogen) atoms. The van der Waals surface area contributed by atoms with Crippen molar-refractivity contribution >= 4 is 11.0 Å². The fourth-order valence-electron chi connectivity index (χ4n) is 0.904. The Labute approximate surface area is 64.5 Å². The number of aromatic nitrogens is 2. The van der Waals surface area contributed by atoms with Gasteiger partial charge < -0.3 is 5.21 Å². The largest absolute Gasteiger partial charge is 0.359 e. The van der Waals surface area contributed by atoms with Crippen LogP contribution in [0.5, 0.6) is 0 Å². The molecular formula is C6H2F2N2O2. The van der Waals surface area contributed by atoms with Crippen LogP contribution in [0.2, 0.25) is 0 Å². The van der Waals surface area contributed by atoms with Gasteiger partial charge in [0.25, 0.3) is 5.52 Å². The Kier molecular flexibility index (Phi) is 1.24. The number of nitrogens with zero attached hydrogens (tertiary/aromatic N) is 2. The van der Waals surface area contributed by atoms with E-state index < -0.39 is 11.6 Å². The van der Waals surface area contributed by atoms with Crippen molar-refractivity contribution in [3.05, 3.63) is 29.0 Å². The molecule has 0 atom stereocenters. The molecule has 0 radical (unpaired) electrons. The van der Waals surface area contributed by atoms with E-state index in [0.717, 1.165) is 6.07 Å². The van der Waals surface area contributed by atoms with Gasteiger partial charge in [-0.05, 0) is 4.90 Å². The van der Waals surface area contributed by atoms with Gasteiger partial charge in [-0.2, -0.15) is 0 Å². The average Bonchev–Trinajstić information content (AvgIpc) is 2.33. The first-order valence-electron chi connectivity index (χ1n) is 3.03. The molecule has 0 N–H and O–H groups in total. The maximum atomic E-state index is 12.7. The Morgan fingerprint density at radius 3 is 2.92 bits per heavy atom. The molecule has 2 rings (SSSR count). The van der Waals surface area contributed by atoms with Gasteiger partial charge in [0.2, 0.25) is 5.52 Å². The maximum absolute atomic E-state index is 12.7. The molecule has 1 heterocycles. The zero-order chi connectivity index (χ0) is 8.72. The van der Waals surface area contributed by atoms with Crippen LogP contribution in [0.3, 0.4) is 0 Å². The molecule has 1 aromatic heterocycles. The Hall–Kier alpha value is -1.72. The number of rotatable bonds is 0. The molecule has 0 saturated carbocycles. The highest BCUT2D eigenvalue weighted by Gasteiger charge is 2.15. The van der Waals surface area contributed by atoms with Gasteiger partial charge in [0.05, 0.1) is 0 Å². The third kappa shape index (κ3) is 0.810. The van der Waals surface area contributed by atoms with E-state index in [1.54, 1.807) is 0 Å². The van der Waals surface area contributed by atoms with E-state index in [9.17, 15) is 14.0 Å². The van der Waals surface area contributed by atoms with Crippen LogP contribution < -0.4 is 4.90 Å². The fraction of sp³-hybridized carbons (Fsp3) is 0. The van der Waals surface area contributed by atoms with Crippen LogP contribution in [0, 0.1) is 16.8 Å². The summed E-state index contributed by atoms with van der Waals surface area (Å²) in [5.41, 5.74) is -0.529. The van der Waals surface area contributed by atoms with Crippen LogP contribution in [-0.4, -0.2) is 5.16 Å². The molecule has 0 aliphatic rings. The maximum Gasteiger partial charge on any atom is 0.284 e. The Morgan fingerprint density at radius 1 is 1.42 bits per heavy atom. The quantitative estimate of drug-likeness (QED) is 0.550. The smallest absolute Gasteiger partial charge is 0.284 e. The predicted molar refractivity (Wildman–Crippen MR) is 32.9 cm³/mol. The number of halogens is 2. The molecule has 62 valence electrons. The van der Waals surface area contributed by atoms with Crippen molar-refractivity contribution < 1.29 is 18.3 Å². The van der Waals surface area contributed by atoms with Gasteiger partial charge in [-0.15, -0.1) is 0 Å². The summed E-state index contributed by atoms with van der Waals surface area (Å²) < 4.78 is 29.3. The first kappa shape index (κ1) is 6.96. The number of hydrogen-bond donors (Lipinski definition) is 0. The van der Waals surface area contributed by atoms with Gasteiger partial charge in [0, 0.05) is 17.3 Å². The van der Waals surface area contributed by atoms with Gasteiger partial charge in [0.15, 0.2) is 5.82 Å². The molecule has 0 aliphatic heterocycles. The summed E-state index contributed by atoms with van der Waals surface area (Å²) >= 11 is 0. The van der Waals surface area contributed by atoms with E-state index in [0.29, 0.717) is 6.07 Å². The third-order valence-electron chi connectivity index (χ3n) is 1.41. The molecule has 0 fully saturated rings. The molecule has 0 spiro atoms. The lowest BCUT2D eigenvalue weighted by Crippen LogP contribution is -2.22. The molecule has 6 heteroatoms. The molecule has 0 bridgehead atoms. The van der Waals surface area contributed by atoms with E-state index in [1.807, 2.05) is 0 Å². The highest BCUT2D eigenvalue weighted by Crippen LogP contribution is 2.13. The SMILES string of the molecule is [O-][n+]1onc2c(F)cc(F)cc21. The van der Waals surface area contributed by atoms with Crippen molar-refractivity contribution in [3.8, 4) is 0 Å². The van der Waals surface area contributed by atoms with Crippen molar-refractivity contribution in [2.45, 2.75) is 0 Å². The first-order chi connectivity index (χ1) is 5.68.